The fourth-order valence-electron chi connectivity index (χ4n) is 0.463. The highest BCUT2D eigenvalue weighted by Crippen LogP contribution is 1.97. The first-order valence-electron chi connectivity index (χ1n) is 2.31. The molecule has 0 aliphatic carbocycles. The molecular formula is C5H6N2Si. The Morgan fingerprint density at radius 2 is 2.62 bits per heavy atom. The SMILES string of the molecule is N/C=C/C1=CC=N[Si]1. The zero-order chi connectivity index (χ0) is 5.82. The molecule has 1 rings (SSSR count). The standard InChI is InChI=1S/C5H6N2Si/c6-3-1-5-2-4-7-8-5/h1-4H,6H2/b3-1+. The molecule has 1 heterocycles. The molecule has 0 fully saturated rings. The van der Waals surface area contributed by atoms with E-state index in [9.17, 15) is 0 Å². The molecule has 0 saturated carbocycles. The minimum atomic E-state index is 0.570. The number of rotatable bonds is 1. The third-order valence-electron chi connectivity index (χ3n) is 0.798. The van der Waals surface area contributed by atoms with Gasteiger partial charge < -0.3 is 10.4 Å². The van der Waals surface area contributed by atoms with E-state index in [1.807, 2.05) is 12.2 Å². The average molecular weight is 122 g/mol. The second-order valence-corrected chi connectivity index (χ2v) is 2.43. The number of nitrogens with zero attached hydrogens (tertiary/aromatic N) is 1. The third-order valence-corrected chi connectivity index (χ3v) is 1.67. The predicted molar refractivity (Wildman–Crippen MR) is 35.7 cm³/mol. The summed E-state index contributed by atoms with van der Waals surface area (Å²) in [6, 6.07) is 0. The number of allylic oxidation sites excluding steroid dienone is 3. The fraction of sp³-hybridized carbons (Fsp3) is 0. The van der Waals surface area contributed by atoms with Crippen LogP contribution in [0, 0.1) is 0 Å². The zero-order valence-electron chi connectivity index (χ0n) is 4.33. The summed E-state index contributed by atoms with van der Waals surface area (Å²) in [6.07, 6.45) is 7.16. The Hall–Kier alpha value is -0.833. The minimum absolute atomic E-state index is 0.570. The number of hydrogen-bond donors (Lipinski definition) is 1. The molecule has 0 amide bonds. The van der Waals surface area contributed by atoms with Crippen molar-refractivity contribution in [3.8, 4) is 0 Å². The smallest absolute Gasteiger partial charge is 0.249 e. The molecule has 2 radical (unpaired) electrons. The number of nitrogens with two attached hydrogens (primary N) is 1. The highest BCUT2D eigenvalue weighted by Gasteiger charge is 1.95. The average Bonchev–Trinajstić information content (AvgIpc) is 2.19. The van der Waals surface area contributed by atoms with Gasteiger partial charge in [0.2, 0.25) is 9.68 Å². The third kappa shape index (κ3) is 1.07. The molecule has 1 aliphatic rings. The lowest BCUT2D eigenvalue weighted by molar-refractivity contribution is 1.59. The lowest BCUT2D eigenvalue weighted by Crippen LogP contribution is -1.85. The molecule has 2 N–H and O–H groups in total. The molecule has 0 saturated heterocycles. The molecule has 40 valence electrons. The highest BCUT2D eigenvalue weighted by molar-refractivity contribution is 6.49. The van der Waals surface area contributed by atoms with Crippen molar-refractivity contribution in [3.63, 3.8) is 0 Å². The molecule has 0 aromatic carbocycles. The van der Waals surface area contributed by atoms with Crippen LogP contribution in [0.25, 0.3) is 0 Å². The van der Waals surface area contributed by atoms with Gasteiger partial charge in [0.15, 0.2) is 0 Å². The maximum atomic E-state index is 5.14. The van der Waals surface area contributed by atoms with Crippen LogP contribution in [0.3, 0.4) is 0 Å². The molecule has 0 aromatic rings. The van der Waals surface area contributed by atoms with Crippen LogP contribution >= 0.6 is 0 Å². The maximum absolute atomic E-state index is 5.14. The van der Waals surface area contributed by atoms with Gasteiger partial charge in [-0.25, -0.2) is 0 Å². The van der Waals surface area contributed by atoms with E-state index in [4.69, 9.17) is 5.73 Å². The van der Waals surface area contributed by atoms with Gasteiger partial charge in [0.1, 0.15) is 0 Å². The van der Waals surface area contributed by atoms with Gasteiger partial charge >= 0.3 is 0 Å². The van der Waals surface area contributed by atoms with Crippen LogP contribution in [0.1, 0.15) is 0 Å². The number of hydrogen-bond acceptors (Lipinski definition) is 2. The minimum Gasteiger partial charge on any atom is -0.405 e. The van der Waals surface area contributed by atoms with Crippen LogP contribution in [0.5, 0.6) is 0 Å². The van der Waals surface area contributed by atoms with Gasteiger partial charge in [0, 0.05) is 6.21 Å². The van der Waals surface area contributed by atoms with E-state index in [0.717, 1.165) is 0 Å². The van der Waals surface area contributed by atoms with E-state index in [1.165, 1.54) is 11.4 Å². The fourth-order valence-corrected chi connectivity index (χ4v) is 1.08. The van der Waals surface area contributed by atoms with E-state index in [0.29, 0.717) is 9.68 Å². The summed E-state index contributed by atoms with van der Waals surface area (Å²) in [4.78, 5) is 0. The summed E-state index contributed by atoms with van der Waals surface area (Å²) in [7, 11) is 0.570. The van der Waals surface area contributed by atoms with Crippen molar-refractivity contribution in [2.75, 3.05) is 0 Å². The molecule has 2 nitrogen and oxygen atoms in total. The van der Waals surface area contributed by atoms with Crippen LogP contribution in [0.4, 0.5) is 0 Å². The van der Waals surface area contributed by atoms with Crippen molar-refractivity contribution in [1.29, 1.82) is 0 Å². The molecule has 0 aromatic heterocycles. The van der Waals surface area contributed by atoms with Crippen LogP contribution in [0.2, 0.25) is 0 Å². The van der Waals surface area contributed by atoms with Gasteiger partial charge in [0.05, 0.1) is 0 Å². The van der Waals surface area contributed by atoms with E-state index in [-0.39, 0.29) is 0 Å². The van der Waals surface area contributed by atoms with E-state index >= 15 is 0 Å². The van der Waals surface area contributed by atoms with Crippen molar-refractivity contribution in [1.82, 2.24) is 0 Å². The summed E-state index contributed by atoms with van der Waals surface area (Å²) in [5, 5.41) is 1.20. The van der Waals surface area contributed by atoms with Gasteiger partial charge in [-0.3, -0.25) is 0 Å². The molecule has 3 heteroatoms. The molecule has 1 aliphatic heterocycles. The summed E-state index contributed by atoms with van der Waals surface area (Å²) in [5.74, 6) is 0. The highest BCUT2D eigenvalue weighted by atomic mass is 28.2. The van der Waals surface area contributed by atoms with Crippen LogP contribution in [-0.4, -0.2) is 15.9 Å². The Kier molecular flexibility index (Phi) is 1.64. The van der Waals surface area contributed by atoms with Gasteiger partial charge in [-0.1, -0.05) is 0 Å². The largest absolute Gasteiger partial charge is 0.405 e. The molecule has 0 unspecified atom stereocenters. The van der Waals surface area contributed by atoms with E-state index < -0.39 is 0 Å². The van der Waals surface area contributed by atoms with Crippen molar-refractivity contribution in [3.05, 3.63) is 23.5 Å². The summed E-state index contributed by atoms with van der Waals surface area (Å²) in [5.41, 5.74) is 5.14. The van der Waals surface area contributed by atoms with Crippen LogP contribution < -0.4 is 5.73 Å². The van der Waals surface area contributed by atoms with Crippen molar-refractivity contribution < 1.29 is 0 Å². The Morgan fingerprint density at radius 3 is 3.12 bits per heavy atom. The summed E-state index contributed by atoms with van der Waals surface area (Å²) in [6.45, 7) is 0. The Labute approximate surface area is 50.7 Å². The topological polar surface area (TPSA) is 38.4 Å². The second kappa shape index (κ2) is 2.47. The Morgan fingerprint density at radius 1 is 1.75 bits per heavy atom. The van der Waals surface area contributed by atoms with Gasteiger partial charge in [-0.2, -0.15) is 0 Å². The Bertz CT molecular complexity index is 158. The lowest BCUT2D eigenvalue weighted by atomic mass is 10.5. The Balaban J connectivity index is 2.51. The summed E-state index contributed by atoms with van der Waals surface area (Å²) >= 11 is 0. The molecule has 0 bridgehead atoms. The molecular weight excluding hydrogens is 116 g/mol. The second-order valence-electron chi connectivity index (χ2n) is 1.37. The quantitative estimate of drug-likeness (QED) is 0.490. The van der Waals surface area contributed by atoms with Crippen molar-refractivity contribution in [2.24, 2.45) is 10.4 Å². The van der Waals surface area contributed by atoms with Crippen molar-refractivity contribution >= 4 is 15.9 Å². The molecule has 8 heavy (non-hydrogen) atoms. The van der Waals surface area contributed by atoms with Crippen LogP contribution in [-0.2, 0) is 0 Å². The van der Waals surface area contributed by atoms with E-state index in [1.54, 1.807) is 6.21 Å². The first-order chi connectivity index (χ1) is 3.93. The first kappa shape index (κ1) is 5.31. The first-order valence-corrected chi connectivity index (χ1v) is 3.26. The van der Waals surface area contributed by atoms with Gasteiger partial charge in [-0.15, -0.1) is 0 Å². The van der Waals surface area contributed by atoms with Gasteiger partial charge in [-0.05, 0) is 23.5 Å². The molecule has 0 spiro atoms. The molecule has 0 atom stereocenters. The monoisotopic (exact) mass is 122 g/mol. The van der Waals surface area contributed by atoms with Crippen molar-refractivity contribution in [2.45, 2.75) is 0 Å². The normalized spacial score (nSPS) is 17.8. The van der Waals surface area contributed by atoms with E-state index in [2.05, 4.69) is 4.66 Å². The van der Waals surface area contributed by atoms with Crippen LogP contribution in [0.15, 0.2) is 28.2 Å². The van der Waals surface area contributed by atoms with Gasteiger partial charge in [0.25, 0.3) is 0 Å². The lowest BCUT2D eigenvalue weighted by Gasteiger charge is -1.81. The zero-order valence-corrected chi connectivity index (χ0v) is 5.33. The maximum Gasteiger partial charge on any atom is 0.249 e. The summed E-state index contributed by atoms with van der Waals surface area (Å²) < 4.78 is 3.99. The predicted octanol–water partition coefficient (Wildman–Crippen LogP) is 0.0463.